The fraction of sp³-hybridized carbons (Fsp3) is 1.00. The Bertz CT molecular complexity index is 60.9. The average Bonchev–Trinajstić information content (AvgIpc) is 1.85. The van der Waals surface area contributed by atoms with Crippen LogP contribution in [0.15, 0.2) is 0 Å². The Morgan fingerprint density at radius 3 is 2.78 bits per heavy atom. The van der Waals surface area contributed by atoms with Crippen LogP contribution >= 0.6 is 0 Å². The zero-order chi connectivity index (χ0) is 7.11. The molecule has 0 amide bonds. The van der Waals surface area contributed by atoms with Crippen LogP contribution in [0.5, 0.6) is 0 Å². The van der Waals surface area contributed by atoms with Gasteiger partial charge in [-0.25, -0.2) is 0 Å². The van der Waals surface area contributed by atoms with Crippen molar-refractivity contribution in [2.24, 2.45) is 0 Å². The smallest absolute Gasteiger partial charge is 0.308 e. The Morgan fingerprint density at radius 2 is 2.33 bits per heavy atom. The summed E-state index contributed by atoms with van der Waals surface area (Å²) in [6.07, 6.45) is 2.29. The number of hydrogen-bond acceptors (Lipinski definition) is 2. The average molecular weight is 164 g/mol. The van der Waals surface area contributed by atoms with E-state index in [-0.39, 0.29) is 9.76 Å². The Kier molecular flexibility index (Phi) is 6.73. The maximum Gasteiger partial charge on any atom is 0.308 e. The minimum atomic E-state index is -1.66. The summed E-state index contributed by atoms with van der Waals surface area (Å²) in [5.41, 5.74) is 0. The summed E-state index contributed by atoms with van der Waals surface area (Å²) in [7, 11) is -2.01. The van der Waals surface area contributed by atoms with Gasteiger partial charge in [-0.2, -0.15) is 0 Å². The predicted octanol–water partition coefficient (Wildman–Crippen LogP) is 0.148. The van der Waals surface area contributed by atoms with E-state index in [1.807, 2.05) is 0 Å². The molecule has 0 saturated carbocycles. The van der Waals surface area contributed by atoms with Gasteiger partial charge in [-0.05, 0) is 6.04 Å². The second kappa shape index (κ2) is 6.47. The summed E-state index contributed by atoms with van der Waals surface area (Å²) in [5.74, 6) is 0. The summed E-state index contributed by atoms with van der Waals surface area (Å²) >= 11 is 0. The third-order valence-electron chi connectivity index (χ3n) is 1.16. The maximum absolute atomic E-state index is 9.13. The topological polar surface area (TPSA) is 29.5 Å². The highest BCUT2D eigenvalue weighted by molar-refractivity contribution is 6.51. The van der Waals surface area contributed by atoms with Crippen molar-refractivity contribution in [3.63, 3.8) is 0 Å². The lowest BCUT2D eigenvalue weighted by Gasteiger charge is -2.05. The van der Waals surface area contributed by atoms with Crippen LogP contribution in [0.2, 0.25) is 12.6 Å². The quantitative estimate of drug-likeness (QED) is 0.586. The van der Waals surface area contributed by atoms with Crippen LogP contribution in [0.25, 0.3) is 0 Å². The second-order valence-electron chi connectivity index (χ2n) is 2.05. The van der Waals surface area contributed by atoms with Gasteiger partial charge in [0.05, 0.1) is 0 Å². The first kappa shape index (κ1) is 9.35. The van der Waals surface area contributed by atoms with Gasteiger partial charge in [0.1, 0.15) is 9.76 Å². The summed E-state index contributed by atoms with van der Waals surface area (Å²) in [6, 6.07) is 0.942. The Hall–Kier alpha value is 0.354. The van der Waals surface area contributed by atoms with Gasteiger partial charge >= 0.3 is 9.28 Å². The molecule has 9 heavy (non-hydrogen) atoms. The lowest BCUT2D eigenvalue weighted by atomic mass is 10.4. The van der Waals surface area contributed by atoms with E-state index in [1.54, 1.807) is 0 Å². The van der Waals surface area contributed by atoms with Crippen LogP contribution in [-0.4, -0.2) is 23.8 Å². The molecular formula is C5H16O2Si2. The molecule has 0 aromatic heterocycles. The molecular weight excluding hydrogens is 148 g/mol. The summed E-state index contributed by atoms with van der Waals surface area (Å²) < 4.78 is 5.18. The molecule has 0 bridgehead atoms. The molecule has 0 aromatic carbocycles. The van der Waals surface area contributed by atoms with E-state index in [1.165, 1.54) is 6.42 Å². The SMILES string of the molecule is CCCC[SiH](O)O[SiH2]C. The second-order valence-corrected chi connectivity index (χ2v) is 5.45. The molecule has 1 unspecified atom stereocenters. The third kappa shape index (κ3) is 6.24. The van der Waals surface area contributed by atoms with E-state index in [0.717, 1.165) is 12.5 Å². The van der Waals surface area contributed by atoms with Crippen LogP contribution < -0.4 is 0 Å². The van der Waals surface area contributed by atoms with Gasteiger partial charge in [-0.1, -0.05) is 26.3 Å². The van der Waals surface area contributed by atoms with Crippen molar-refractivity contribution in [1.29, 1.82) is 0 Å². The van der Waals surface area contributed by atoms with Crippen molar-refractivity contribution in [3.8, 4) is 0 Å². The van der Waals surface area contributed by atoms with E-state index < -0.39 is 9.28 Å². The van der Waals surface area contributed by atoms with Crippen molar-refractivity contribution in [2.45, 2.75) is 32.4 Å². The van der Waals surface area contributed by atoms with Gasteiger partial charge in [0.25, 0.3) is 0 Å². The van der Waals surface area contributed by atoms with Gasteiger partial charge in [-0.3, -0.25) is 0 Å². The molecule has 1 N–H and O–H groups in total. The minimum absolute atomic E-state index is 0.350. The van der Waals surface area contributed by atoms with Crippen LogP contribution in [0.1, 0.15) is 19.8 Å². The van der Waals surface area contributed by atoms with E-state index in [4.69, 9.17) is 8.91 Å². The lowest BCUT2D eigenvalue weighted by molar-refractivity contribution is 0.426. The van der Waals surface area contributed by atoms with Gasteiger partial charge < -0.3 is 8.91 Å². The predicted molar refractivity (Wildman–Crippen MR) is 44.6 cm³/mol. The highest BCUT2D eigenvalue weighted by Crippen LogP contribution is 1.98. The first-order valence-corrected chi connectivity index (χ1v) is 7.40. The van der Waals surface area contributed by atoms with E-state index in [0.29, 0.717) is 0 Å². The molecule has 0 radical (unpaired) electrons. The Morgan fingerprint density at radius 1 is 1.67 bits per heavy atom. The molecule has 0 spiro atoms. The van der Waals surface area contributed by atoms with Crippen molar-refractivity contribution >= 4 is 19.0 Å². The number of unbranched alkanes of at least 4 members (excludes halogenated alkanes) is 1. The fourth-order valence-corrected chi connectivity index (χ4v) is 3.62. The molecule has 1 atom stereocenters. The minimum Gasteiger partial charge on any atom is -0.444 e. The van der Waals surface area contributed by atoms with Crippen LogP contribution in [-0.2, 0) is 4.12 Å². The molecule has 2 nitrogen and oxygen atoms in total. The molecule has 0 saturated heterocycles. The van der Waals surface area contributed by atoms with Gasteiger partial charge in [0, 0.05) is 0 Å². The van der Waals surface area contributed by atoms with Crippen molar-refractivity contribution < 1.29 is 8.91 Å². The van der Waals surface area contributed by atoms with Crippen molar-refractivity contribution in [1.82, 2.24) is 0 Å². The zero-order valence-corrected chi connectivity index (χ0v) is 8.83. The summed E-state index contributed by atoms with van der Waals surface area (Å²) in [4.78, 5) is 9.13. The van der Waals surface area contributed by atoms with E-state index in [9.17, 15) is 0 Å². The summed E-state index contributed by atoms with van der Waals surface area (Å²) in [5, 5.41) is 0. The highest BCUT2D eigenvalue weighted by Gasteiger charge is 2.03. The Labute approximate surface area is 61.0 Å². The first-order chi connectivity index (χ1) is 4.31. The Balaban J connectivity index is 2.95. The highest BCUT2D eigenvalue weighted by atomic mass is 28.4. The number of rotatable bonds is 5. The lowest BCUT2D eigenvalue weighted by Crippen LogP contribution is -2.18. The molecule has 0 aliphatic carbocycles. The first-order valence-electron chi connectivity index (χ1n) is 3.61. The third-order valence-corrected chi connectivity index (χ3v) is 4.94. The normalized spacial score (nSPS) is 15.0. The molecule has 0 aromatic rings. The molecule has 4 heteroatoms. The molecule has 0 aliphatic rings. The molecule has 0 rings (SSSR count). The molecule has 0 fully saturated rings. The van der Waals surface area contributed by atoms with Gasteiger partial charge in [0.15, 0.2) is 0 Å². The zero-order valence-electron chi connectivity index (χ0n) is 6.26. The largest absolute Gasteiger partial charge is 0.444 e. The molecule has 56 valence electrons. The molecule has 0 aliphatic heterocycles. The fourth-order valence-electron chi connectivity index (χ4n) is 0.654. The van der Waals surface area contributed by atoms with Gasteiger partial charge in [-0.15, -0.1) is 0 Å². The van der Waals surface area contributed by atoms with Crippen LogP contribution in [0.4, 0.5) is 0 Å². The van der Waals surface area contributed by atoms with Crippen molar-refractivity contribution in [2.75, 3.05) is 0 Å². The molecule has 0 heterocycles. The monoisotopic (exact) mass is 164 g/mol. The standard InChI is InChI=1S/C5H16O2Si2/c1-3-4-5-9(6)7-8-2/h6,9H,3-5,8H2,1-2H3. The summed E-state index contributed by atoms with van der Waals surface area (Å²) in [6.45, 7) is 4.19. The van der Waals surface area contributed by atoms with E-state index in [2.05, 4.69) is 13.5 Å². The number of hydrogen-bond donors (Lipinski definition) is 1. The van der Waals surface area contributed by atoms with Crippen molar-refractivity contribution in [3.05, 3.63) is 0 Å². The van der Waals surface area contributed by atoms with E-state index >= 15 is 0 Å². The van der Waals surface area contributed by atoms with Crippen LogP contribution in [0, 0.1) is 0 Å². The van der Waals surface area contributed by atoms with Crippen LogP contribution in [0.3, 0.4) is 0 Å². The van der Waals surface area contributed by atoms with Gasteiger partial charge in [0.2, 0.25) is 0 Å². The maximum atomic E-state index is 9.13.